The van der Waals surface area contributed by atoms with E-state index in [2.05, 4.69) is 10.6 Å². The van der Waals surface area contributed by atoms with Crippen molar-refractivity contribution in [3.8, 4) is 0 Å². The van der Waals surface area contributed by atoms with Crippen LogP contribution >= 0.6 is 0 Å². The van der Waals surface area contributed by atoms with Gasteiger partial charge in [-0.1, -0.05) is 13.8 Å². The first kappa shape index (κ1) is 14.9. The number of rotatable bonds is 5. The van der Waals surface area contributed by atoms with Crippen molar-refractivity contribution >= 4 is 17.3 Å². The molecule has 1 atom stereocenters. The van der Waals surface area contributed by atoms with Gasteiger partial charge in [0.25, 0.3) is 11.6 Å². The van der Waals surface area contributed by atoms with Crippen molar-refractivity contribution in [1.29, 1.82) is 0 Å². The van der Waals surface area contributed by atoms with Gasteiger partial charge in [0.1, 0.15) is 0 Å². The predicted octanol–water partition coefficient (Wildman–Crippen LogP) is 2.41. The minimum Gasteiger partial charge on any atom is -0.387 e. The quantitative estimate of drug-likeness (QED) is 0.632. The zero-order valence-corrected chi connectivity index (χ0v) is 11.6. The maximum Gasteiger partial charge on any atom is 0.270 e. The molecule has 1 rings (SSSR count). The number of carbonyl (C=O) groups excluding carboxylic acids is 1. The van der Waals surface area contributed by atoms with Gasteiger partial charge in [0.05, 0.1) is 10.5 Å². The number of hydrogen-bond donors (Lipinski definition) is 2. The summed E-state index contributed by atoms with van der Waals surface area (Å²) < 4.78 is 0. The molecule has 0 saturated heterocycles. The van der Waals surface area contributed by atoms with Crippen LogP contribution in [0.1, 0.15) is 31.1 Å². The molecule has 2 N–H and O–H groups in total. The summed E-state index contributed by atoms with van der Waals surface area (Å²) in [6.45, 7) is 5.90. The molecule has 19 heavy (non-hydrogen) atoms. The third-order valence-corrected chi connectivity index (χ3v) is 3.09. The van der Waals surface area contributed by atoms with E-state index in [1.54, 1.807) is 7.05 Å². The molecule has 0 radical (unpaired) electrons. The van der Waals surface area contributed by atoms with Crippen molar-refractivity contribution in [1.82, 2.24) is 5.32 Å². The topological polar surface area (TPSA) is 84.3 Å². The number of non-ortho nitro benzene ring substituents is 1. The van der Waals surface area contributed by atoms with Crippen molar-refractivity contribution in [3.63, 3.8) is 0 Å². The summed E-state index contributed by atoms with van der Waals surface area (Å²) in [4.78, 5) is 22.4. The molecule has 1 aromatic carbocycles. The molecule has 1 unspecified atom stereocenters. The number of anilines is 1. The highest BCUT2D eigenvalue weighted by Crippen LogP contribution is 2.22. The summed E-state index contributed by atoms with van der Waals surface area (Å²) in [6.07, 6.45) is 0. The highest BCUT2D eigenvalue weighted by atomic mass is 16.6. The van der Waals surface area contributed by atoms with Gasteiger partial charge in [0.2, 0.25) is 0 Å². The van der Waals surface area contributed by atoms with Gasteiger partial charge in [0.15, 0.2) is 0 Å². The van der Waals surface area contributed by atoms with Crippen LogP contribution in [0, 0.1) is 16.0 Å². The van der Waals surface area contributed by atoms with Gasteiger partial charge in [-0.15, -0.1) is 0 Å². The van der Waals surface area contributed by atoms with Gasteiger partial charge in [0, 0.05) is 30.9 Å². The maximum atomic E-state index is 12.1. The van der Waals surface area contributed by atoms with Crippen LogP contribution in [0.25, 0.3) is 0 Å². The molecule has 0 bridgehead atoms. The zero-order valence-electron chi connectivity index (χ0n) is 11.6. The second-order valence-corrected chi connectivity index (χ2v) is 4.74. The maximum absolute atomic E-state index is 12.1. The van der Waals surface area contributed by atoms with Crippen LogP contribution < -0.4 is 10.6 Å². The van der Waals surface area contributed by atoms with Gasteiger partial charge in [-0.05, 0) is 18.9 Å². The minimum atomic E-state index is -0.512. The van der Waals surface area contributed by atoms with E-state index in [-0.39, 0.29) is 23.2 Å². The summed E-state index contributed by atoms with van der Waals surface area (Å²) in [6, 6.07) is 4.19. The molecule has 0 heterocycles. The summed E-state index contributed by atoms with van der Waals surface area (Å²) in [5.74, 6) is -0.0186. The lowest BCUT2D eigenvalue weighted by Gasteiger charge is -2.18. The minimum absolute atomic E-state index is 0.00327. The molecule has 0 aliphatic rings. The largest absolute Gasteiger partial charge is 0.387 e. The lowest BCUT2D eigenvalue weighted by atomic mass is 10.1. The predicted molar refractivity (Wildman–Crippen MR) is 74.4 cm³/mol. The number of carbonyl (C=O) groups is 1. The van der Waals surface area contributed by atoms with E-state index < -0.39 is 4.92 Å². The first-order chi connectivity index (χ1) is 8.86. The first-order valence-corrected chi connectivity index (χ1v) is 6.13. The van der Waals surface area contributed by atoms with E-state index in [0.717, 1.165) is 0 Å². The fourth-order valence-corrected chi connectivity index (χ4v) is 1.50. The second-order valence-electron chi connectivity index (χ2n) is 4.74. The molecule has 1 amide bonds. The lowest BCUT2D eigenvalue weighted by molar-refractivity contribution is -0.384. The van der Waals surface area contributed by atoms with Crippen LogP contribution in [0.3, 0.4) is 0 Å². The van der Waals surface area contributed by atoms with Crippen molar-refractivity contribution in [2.24, 2.45) is 5.92 Å². The lowest BCUT2D eigenvalue weighted by Crippen LogP contribution is -2.36. The highest BCUT2D eigenvalue weighted by Gasteiger charge is 2.18. The average molecular weight is 265 g/mol. The Labute approximate surface area is 112 Å². The number of hydrogen-bond acceptors (Lipinski definition) is 4. The van der Waals surface area contributed by atoms with E-state index in [0.29, 0.717) is 11.6 Å². The third-order valence-electron chi connectivity index (χ3n) is 3.09. The summed E-state index contributed by atoms with van der Waals surface area (Å²) in [5.41, 5.74) is 0.754. The van der Waals surface area contributed by atoms with E-state index in [4.69, 9.17) is 0 Å². The standard InChI is InChI=1S/C13H19N3O3/c1-8(2)9(3)15-13(17)11-7-10(16(18)19)5-6-12(11)14-4/h5-9,14H,1-4H3,(H,15,17). The van der Waals surface area contributed by atoms with Crippen LogP contribution in [-0.4, -0.2) is 23.9 Å². The van der Waals surface area contributed by atoms with Crippen LogP contribution in [-0.2, 0) is 0 Å². The fraction of sp³-hybridized carbons (Fsp3) is 0.462. The van der Waals surface area contributed by atoms with Crippen molar-refractivity contribution in [2.75, 3.05) is 12.4 Å². The van der Waals surface area contributed by atoms with E-state index in [1.807, 2.05) is 20.8 Å². The van der Waals surface area contributed by atoms with E-state index in [9.17, 15) is 14.9 Å². The Kier molecular flexibility index (Phi) is 4.86. The van der Waals surface area contributed by atoms with Gasteiger partial charge >= 0.3 is 0 Å². The van der Waals surface area contributed by atoms with Crippen molar-refractivity contribution in [2.45, 2.75) is 26.8 Å². The molecule has 0 aliphatic heterocycles. The Balaban J connectivity index is 3.06. The summed E-state index contributed by atoms with van der Waals surface area (Å²) in [7, 11) is 1.67. The number of benzene rings is 1. The normalized spacial score (nSPS) is 12.1. The Bertz CT molecular complexity index is 486. The molecular weight excluding hydrogens is 246 g/mol. The first-order valence-electron chi connectivity index (χ1n) is 6.13. The number of nitrogens with zero attached hydrogens (tertiary/aromatic N) is 1. The molecule has 0 saturated carbocycles. The molecule has 0 aliphatic carbocycles. The third kappa shape index (κ3) is 3.67. The van der Waals surface area contributed by atoms with E-state index in [1.165, 1.54) is 18.2 Å². The molecule has 104 valence electrons. The Morgan fingerprint density at radius 1 is 1.32 bits per heavy atom. The molecule has 0 fully saturated rings. The number of amides is 1. The second kappa shape index (κ2) is 6.17. The fourth-order valence-electron chi connectivity index (χ4n) is 1.50. The van der Waals surface area contributed by atoms with Gasteiger partial charge < -0.3 is 10.6 Å². The zero-order chi connectivity index (χ0) is 14.6. The average Bonchev–Trinajstić information content (AvgIpc) is 2.37. The monoisotopic (exact) mass is 265 g/mol. The smallest absolute Gasteiger partial charge is 0.270 e. The Hall–Kier alpha value is -2.11. The molecule has 0 spiro atoms. The Morgan fingerprint density at radius 2 is 1.95 bits per heavy atom. The van der Waals surface area contributed by atoms with Gasteiger partial charge in [-0.3, -0.25) is 14.9 Å². The van der Waals surface area contributed by atoms with Gasteiger partial charge in [-0.25, -0.2) is 0 Å². The van der Waals surface area contributed by atoms with Crippen LogP contribution in [0.2, 0.25) is 0 Å². The molecule has 6 heteroatoms. The number of nitrogens with one attached hydrogen (secondary N) is 2. The summed E-state index contributed by atoms with van der Waals surface area (Å²) in [5, 5.41) is 16.5. The van der Waals surface area contributed by atoms with E-state index >= 15 is 0 Å². The molecule has 1 aromatic rings. The van der Waals surface area contributed by atoms with Crippen molar-refractivity contribution in [3.05, 3.63) is 33.9 Å². The molecule has 0 aromatic heterocycles. The highest BCUT2D eigenvalue weighted by molar-refractivity contribution is 6.00. The van der Waals surface area contributed by atoms with Crippen LogP contribution in [0.5, 0.6) is 0 Å². The Morgan fingerprint density at radius 3 is 2.42 bits per heavy atom. The number of nitro benzene ring substituents is 1. The van der Waals surface area contributed by atoms with Crippen LogP contribution in [0.4, 0.5) is 11.4 Å². The number of nitro groups is 1. The van der Waals surface area contributed by atoms with Crippen LogP contribution in [0.15, 0.2) is 18.2 Å². The SMILES string of the molecule is CNc1ccc([N+](=O)[O-])cc1C(=O)NC(C)C(C)C. The van der Waals surface area contributed by atoms with Gasteiger partial charge in [-0.2, -0.15) is 0 Å². The summed E-state index contributed by atoms with van der Waals surface area (Å²) >= 11 is 0. The van der Waals surface area contributed by atoms with Crippen molar-refractivity contribution < 1.29 is 9.72 Å². The molecule has 6 nitrogen and oxygen atoms in total. The molecular formula is C13H19N3O3.